The Hall–Kier alpha value is -1.80. The summed E-state index contributed by atoms with van der Waals surface area (Å²) in [5.41, 5.74) is 0.309. The second-order valence-electron chi connectivity index (χ2n) is 6.61. The highest BCUT2D eigenvalue weighted by molar-refractivity contribution is 7.18. The van der Waals surface area contributed by atoms with E-state index in [2.05, 4.69) is 25.4 Å². The van der Waals surface area contributed by atoms with E-state index in [1.54, 1.807) is 6.92 Å². The van der Waals surface area contributed by atoms with Gasteiger partial charge < -0.3 is 10.2 Å². The molecule has 2 fully saturated rings. The minimum absolute atomic E-state index is 0.0271. The van der Waals surface area contributed by atoms with Gasteiger partial charge in [0.2, 0.25) is 11.0 Å². The van der Waals surface area contributed by atoms with Crippen molar-refractivity contribution >= 4 is 34.0 Å². The maximum absolute atomic E-state index is 14.1. The summed E-state index contributed by atoms with van der Waals surface area (Å²) >= 11 is 7.05. The van der Waals surface area contributed by atoms with Gasteiger partial charge in [0.1, 0.15) is 11.0 Å². The van der Waals surface area contributed by atoms with Crippen molar-refractivity contribution in [3.63, 3.8) is 0 Å². The van der Waals surface area contributed by atoms with E-state index in [-0.39, 0.29) is 17.1 Å². The number of carbonyl (C=O) groups excluding carboxylic acids is 1. The number of rotatable bonds is 3. The Balaban J connectivity index is 1.53. The summed E-state index contributed by atoms with van der Waals surface area (Å²) in [6, 6.07) is 1.43. The number of piperidine rings is 1. The molecule has 0 unspecified atom stereocenters. The summed E-state index contributed by atoms with van der Waals surface area (Å²) in [6.45, 7) is 3.23. The number of amides is 1. The summed E-state index contributed by atoms with van der Waals surface area (Å²) in [5, 5.41) is 12.8. The highest BCUT2D eigenvalue weighted by atomic mass is 35.5. The molecule has 0 aromatic carbocycles. The predicted octanol–water partition coefficient (Wildman–Crippen LogP) is 2.74. The topological polar surface area (TPSA) is 71.0 Å². The third kappa shape index (κ3) is 3.20. The molecule has 2 aromatic rings. The van der Waals surface area contributed by atoms with Gasteiger partial charge in [0.25, 0.3) is 0 Å². The lowest BCUT2D eigenvalue weighted by molar-refractivity contribution is -0.120. The minimum atomic E-state index is -0.452. The van der Waals surface area contributed by atoms with Crippen LogP contribution >= 0.6 is 22.9 Å². The number of pyridine rings is 1. The lowest BCUT2D eigenvalue weighted by Crippen LogP contribution is -2.52. The molecular weight excluding hydrogens is 365 g/mol. The van der Waals surface area contributed by atoms with Crippen LogP contribution in [0.4, 0.5) is 9.52 Å². The van der Waals surface area contributed by atoms with Crippen molar-refractivity contribution in [2.45, 2.75) is 25.8 Å². The van der Waals surface area contributed by atoms with Gasteiger partial charge in [-0.05, 0) is 24.7 Å². The van der Waals surface area contributed by atoms with Gasteiger partial charge in [-0.2, -0.15) is 0 Å². The minimum Gasteiger partial charge on any atom is -0.353 e. The number of fused-ring (bicyclic) bond motifs is 2. The molecule has 25 heavy (non-hydrogen) atoms. The zero-order valence-corrected chi connectivity index (χ0v) is 15.1. The first kappa shape index (κ1) is 16.7. The number of aromatic nitrogens is 3. The van der Waals surface area contributed by atoms with Crippen LogP contribution in [0.15, 0.2) is 12.3 Å². The average Bonchev–Trinajstić information content (AvgIpc) is 3.10. The third-order valence-electron chi connectivity index (χ3n) is 4.94. The first-order valence-electron chi connectivity index (χ1n) is 8.18. The molecule has 3 atom stereocenters. The summed E-state index contributed by atoms with van der Waals surface area (Å²) in [6.07, 6.45) is 3.59. The van der Waals surface area contributed by atoms with Gasteiger partial charge in [0.05, 0.1) is 5.56 Å². The van der Waals surface area contributed by atoms with Crippen molar-refractivity contribution in [3.8, 4) is 10.6 Å². The number of carbonyl (C=O) groups is 1. The molecule has 0 radical (unpaired) electrons. The van der Waals surface area contributed by atoms with Crippen LogP contribution in [0.3, 0.4) is 0 Å². The highest BCUT2D eigenvalue weighted by Crippen LogP contribution is 2.40. The summed E-state index contributed by atoms with van der Waals surface area (Å²) in [5.74, 6) is 0.416. The molecule has 132 valence electrons. The van der Waals surface area contributed by atoms with E-state index in [0.29, 0.717) is 22.4 Å². The van der Waals surface area contributed by atoms with Crippen molar-refractivity contribution in [2.24, 2.45) is 11.8 Å². The largest absolute Gasteiger partial charge is 0.353 e. The van der Waals surface area contributed by atoms with E-state index in [1.165, 1.54) is 23.6 Å². The summed E-state index contributed by atoms with van der Waals surface area (Å²) in [4.78, 5) is 17.5. The normalized spacial score (nSPS) is 25.2. The van der Waals surface area contributed by atoms with Crippen LogP contribution in [0, 0.1) is 17.7 Å². The van der Waals surface area contributed by atoms with Crippen molar-refractivity contribution in [2.75, 3.05) is 18.0 Å². The number of hydrogen-bond acceptors (Lipinski definition) is 6. The van der Waals surface area contributed by atoms with Crippen LogP contribution < -0.4 is 10.2 Å². The Morgan fingerprint density at radius 2 is 2.08 bits per heavy atom. The van der Waals surface area contributed by atoms with Gasteiger partial charge in [-0.3, -0.25) is 4.79 Å². The van der Waals surface area contributed by atoms with Crippen LogP contribution in [0.5, 0.6) is 0 Å². The van der Waals surface area contributed by atoms with E-state index in [1.807, 2.05) is 0 Å². The molecule has 6 nitrogen and oxygen atoms in total. The molecule has 4 rings (SSSR count). The zero-order valence-electron chi connectivity index (χ0n) is 13.6. The average molecular weight is 382 g/mol. The summed E-state index contributed by atoms with van der Waals surface area (Å²) in [7, 11) is 0. The Morgan fingerprint density at radius 3 is 2.72 bits per heavy atom. The zero-order chi connectivity index (χ0) is 17.6. The van der Waals surface area contributed by atoms with E-state index in [0.717, 1.165) is 31.1 Å². The number of nitrogens with zero attached hydrogens (tertiary/aromatic N) is 4. The number of hydrogen-bond donors (Lipinski definition) is 1. The first-order valence-corrected chi connectivity index (χ1v) is 9.37. The van der Waals surface area contributed by atoms with Gasteiger partial charge in [-0.15, -0.1) is 10.2 Å². The third-order valence-corrected chi connectivity index (χ3v) is 6.16. The SMILES string of the molecule is CC(=O)N[C@H]1[C@@H]2CC[C@H]1CN(c1nnc(-c3cnc(Cl)cc3F)s1)C2. The fourth-order valence-electron chi connectivity index (χ4n) is 3.87. The fourth-order valence-corrected chi connectivity index (χ4v) is 4.89. The molecule has 1 amide bonds. The van der Waals surface area contributed by atoms with Crippen LogP contribution in [-0.4, -0.2) is 40.2 Å². The number of halogens is 2. The predicted molar refractivity (Wildman–Crippen MR) is 94.1 cm³/mol. The Kier molecular flexibility index (Phi) is 4.33. The van der Waals surface area contributed by atoms with Gasteiger partial charge >= 0.3 is 0 Å². The highest BCUT2D eigenvalue weighted by Gasteiger charge is 2.43. The molecule has 2 aliphatic rings. The maximum Gasteiger partial charge on any atom is 0.217 e. The smallest absolute Gasteiger partial charge is 0.217 e. The molecule has 2 bridgehead atoms. The Labute approximate surface area is 153 Å². The van der Waals surface area contributed by atoms with Crippen molar-refractivity contribution < 1.29 is 9.18 Å². The van der Waals surface area contributed by atoms with Gasteiger partial charge in [0, 0.05) is 38.3 Å². The molecule has 1 saturated heterocycles. The van der Waals surface area contributed by atoms with Crippen LogP contribution in [0.1, 0.15) is 19.8 Å². The quantitative estimate of drug-likeness (QED) is 0.828. The monoisotopic (exact) mass is 381 g/mol. The Bertz CT molecular complexity index is 802. The molecular formula is C16H17ClFN5OS. The number of nitrogens with one attached hydrogen (secondary N) is 1. The molecule has 1 aliphatic heterocycles. The van der Waals surface area contributed by atoms with E-state index < -0.39 is 5.82 Å². The fraction of sp³-hybridized carbons (Fsp3) is 0.500. The lowest BCUT2D eigenvalue weighted by atomic mass is 9.92. The number of anilines is 1. The van der Waals surface area contributed by atoms with Crippen LogP contribution in [0.2, 0.25) is 5.15 Å². The molecule has 1 N–H and O–H groups in total. The molecule has 3 heterocycles. The van der Waals surface area contributed by atoms with E-state index in [4.69, 9.17) is 11.6 Å². The van der Waals surface area contributed by atoms with Gasteiger partial charge in [-0.1, -0.05) is 22.9 Å². The van der Waals surface area contributed by atoms with Gasteiger partial charge in [-0.25, -0.2) is 9.37 Å². The Morgan fingerprint density at radius 1 is 1.36 bits per heavy atom. The van der Waals surface area contributed by atoms with Crippen molar-refractivity contribution in [1.82, 2.24) is 20.5 Å². The first-order chi connectivity index (χ1) is 12.0. The molecule has 9 heteroatoms. The lowest BCUT2D eigenvalue weighted by Gasteiger charge is -2.37. The van der Waals surface area contributed by atoms with Crippen LogP contribution in [0.25, 0.3) is 10.6 Å². The second kappa shape index (κ2) is 6.49. The van der Waals surface area contributed by atoms with Gasteiger partial charge in [0.15, 0.2) is 5.01 Å². The maximum atomic E-state index is 14.1. The van der Waals surface area contributed by atoms with Crippen LogP contribution in [-0.2, 0) is 4.79 Å². The van der Waals surface area contributed by atoms with Crippen molar-refractivity contribution in [1.29, 1.82) is 0 Å². The molecule has 1 aliphatic carbocycles. The summed E-state index contributed by atoms with van der Waals surface area (Å²) < 4.78 is 14.1. The van der Waals surface area contributed by atoms with Crippen molar-refractivity contribution in [3.05, 3.63) is 23.2 Å². The molecule has 1 saturated carbocycles. The standard InChI is InChI=1S/C16H17ClFN5OS/c1-8(24)20-14-9-2-3-10(14)7-23(6-9)16-22-21-15(25-16)11-5-19-13(17)4-12(11)18/h4-5,9-10,14H,2-3,6-7H2,1H3,(H,20,24)/t9-,10+,14+. The molecule has 0 spiro atoms. The van der Waals surface area contributed by atoms with E-state index >= 15 is 0 Å². The molecule has 2 aromatic heterocycles. The second-order valence-corrected chi connectivity index (χ2v) is 7.95. The van der Waals surface area contributed by atoms with E-state index in [9.17, 15) is 9.18 Å².